The van der Waals surface area contributed by atoms with Gasteiger partial charge in [0, 0.05) is 4.47 Å². The number of hydrogen-bond donors (Lipinski definition) is 2. The van der Waals surface area contributed by atoms with Gasteiger partial charge in [0.15, 0.2) is 0 Å². The van der Waals surface area contributed by atoms with E-state index in [1.807, 2.05) is 52.5 Å². The summed E-state index contributed by atoms with van der Waals surface area (Å²) in [5.41, 5.74) is 0. The summed E-state index contributed by atoms with van der Waals surface area (Å²) in [6.07, 6.45) is -0.304. The van der Waals surface area contributed by atoms with Gasteiger partial charge in [-0.3, -0.25) is 0 Å². The Kier molecular flexibility index (Phi) is 13.8. The Morgan fingerprint density at radius 1 is 0.757 bits per heavy atom. The Morgan fingerprint density at radius 2 is 1.27 bits per heavy atom. The first kappa shape index (κ1) is 31.9. The van der Waals surface area contributed by atoms with E-state index in [2.05, 4.69) is 63.7 Å². The number of aliphatic hydroxyl groups is 2. The number of aldehydes is 1. The SMILES string of the molecule is Brc1ccsc1Br.COc1ccc(C=O)[se]1.OC(c1ccc(C(O)c2sccc2Br)[se]1)c1sccc1Br. The van der Waals surface area contributed by atoms with Crippen molar-refractivity contribution in [3.05, 3.63) is 98.9 Å². The van der Waals surface area contributed by atoms with Gasteiger partial charge >= 0.3 is 213 Å². The monoisotopic (exact) mass is 942 g/mol. The van der Waals surface area contributed by atoms with Crippen LogP contribution in [0.1, 0.15) is 40.1 Å². The van der Waals surface area contributed by atoms with Crippen LogP contribution in [0.15, 0.2) is 75.8 Å². The molecule has 5 aromatic rings. The van der Waals surface area contributed by atoms with Crippen LogP contribution in [-0.4, -0.2) is 52.6 Å². The van der Waals surface area contributed by atoms with Crippen molar-refractivity contribution >= 4 is 133 Å². The van der Waals surface area contributed by atoms with Crippen molar-refractivity contribution in [2.45, 2.75) is 12.2 Å². The number of aliphatic hydroxyl groups excluding tert-OH is 2. The zero-order chi connectivity index (χ0) is 26.9. The summed E-state index contributed by atoms with van der Waals surface area (Å²) in [5, 5.41) is 26.9. The van der Waals surface area contributed by atoms with Crippen LogP contribution in [0.3, 0.4) is 0 Å². The summed E-state index contributed by atoms with van der Waals surface area (Å²) in [6, 6.07) is 13.4. The predicted octanol–water partition coefficient (Wildman–Crippen LogP) is 8.39. The fourth-order valence-electron chi connectivity index (χ4n) is 2.70. The molecule has 0 bridgehead atoms. The Morgan fingerprint density at radius 3 is 1.57 bits per heavy atom. The van der Waals surface area contributed by atoms with E-state index in [9.17, 15) is 15.0 Å². The minimum atomic E-state index is -0.591. The molecule has 0 radical (unpaired) electrons. The molecule has 2 atom stereocenters. The van der Waals surface area contributed by atoms with Gasteiger partial charge in [-0.05, 0) is 43.3 Å². The molecule has 0 aliphatic rings. The second-order valence-corrected chi connectivity index (χ2v) is 18.2. The number of ether oxygens (including phenoxy) is 1. The number of rotatable bonds is 6. The zero-order valence-electron chi connectivity index (χ0n) is 18.8. The number of carbonyl (C=O) groups is 1. The van der Waals surface area contributed by atoms with Gasteiger partial charge in [-0.25, -0.2) is 0 Å². The van der Waals surface area contributed by atoms with E-state index in [4.69, 9.17) is 4.74 Å². The molecule has 2 unspecified atom stereocenters. The molecule has 5 aromatic heterocycles. The molecule has 0 fully saturated rings. The van der Waals surface area contributed by atoms with E-state index < -0.39 is 12.2 Å². The average molecular weight is 944 g/mol. The minimum absolute atomic E-state index is 0.0360. The van der Waals surface area contributed by atoms with Gasteiger partial charge in [-0.15, -0.1) is 11.3 Å². The van der Waals surface area contributed by atoms with Gasteiger partial charge in [0.05, 0.1) is 3.79 Å². The Balaban J connectivity index is 0.000000194. The summed E-state index contributed by atoms with van der Waals surface area (Å²) in [5.74, 6) is 0. The maximum absolute atomic E-state index is 10.5. The van der Waals surface area contributed by atoms with Gasteiger partial charge in [-0.2, -0.15) is 0 Å². The summed E-state index contributed by atoms with van der Waals surface area (Å²) in [6.45, 7) is 0. The zero-order valence-corrected chi connectivity index (χ0v) is 31.0. The van der Waals surface area contributed by atoms with Crippen molar-refractivity contribution < 1.29 is 19.7 Å². The fraction of sp³-hybridized carbons (Fsp3) is 0.125. The van der Waals surface area contributed by atoms with Crippen LogP contribution >= 0.6 is 97.7 Å². The molecular formula is C24H18Br4O4S3Se2. The van der Waals surface area contributed by atoms with Crippen molar-refractivity contribution in [2.75, 3.05) is 7.11 Å². The summed E-state index contributed by atoms with van der Waals surface area (Å²) in [4.78, 5) is 12.0. The molecule has 0 aromatic carbocycles. The Bertz CT molecular complexity index is 1330. The Hall–Kier alpha value is 0.409. The number of methoxy groups -OCH3 is 1. The standard InChI is InChI=1S/C14H10Br2O2S2Se.C6H6O2Se.C4H2Br2S/c15-7-3-5-19-13(7)11(17)9-1-2-10(21-9)12(18)14-8(16)4-6-20-14;1-8-6-3-2-5(4-7)9-6;5-3-1-2-7-4(3)6/h1-6,11-12,17-18H;2-4H,1H3;1-2H. The normalized spacial score (nSPS) is 12.1. The molecule has 5 heterocycles. The topological polar surface area (TPSA) is 66.8 Å². The number of carbonyl (C=O) groups excluding carboxylic acids is 1. The number of thiophene rings is 3. The van der Waals surface area contributed by atoms with Crippen LogP contribution in [0.2, 0.25) is 0 Å². The van der Waals surface area contributed by atoms with E-state index in [0.29, 0.717) is 0 Å². The maximum atomic E-state index is 10.5. The van der Waals surface area contributed by atoms with Crippen molar-refractivity contribution in [3.63, 3.8) is 0 Å². The first-order valence-electron chi connectivity index (χ1n) is 10.1. The van der Waals surface area contributed by atoms with E-state index in [1.54, 1.807) is 24.5 Å². The van der Waals surface area contributed by atoms with E-state index >= 15 is 0 Å². The third kappa shape index (κ3) is 9.21. The molecule has 0 spiro atoms. The summed E-state index contributed by atoms with van der Waals surface area (Å²) < 4.78 is 12.8. The molecule has 0 aliphatic carbocycles. The van der Waals surface area contributed by atoms with Crippen molar-refractivity contribution in [3.8, 4) is 4.62 Å². The quantitative estimate of drug-likeness (QED) is 0.133. The van der Waals surface area contributed by atoms with Crippen LogP contribution in [0, 0.1) is 0 Å². The molecule has 0 amide bonds. The van der Waals surface area contributed by atoms with Gasteiger partial charge in [0.2, 0.25) is 0 Å². The third-order valence-corrected chi connectivity index (χ3v) is 16.0. The van der Waals surface area contributed by atoms with Crippen molar-refractivity contribution in [1.29, 1.82) is 0 Å². The van der Waals surface area contributed by atoms with E-state index in [0.717, 1.165) is 51.2 Å². The molecule has 0 saturated carbocycles. The van der Waals surface area contributed by atoms with Crippen LogP contribution < -0.4 is 4.74 Å². The Labute approximate surface area is 272 Å². The van der Waals surface area contributed by atoms with Crippen LogP contribution in [0.25, 0.3) is 0 Å². The van der Waals surface area contributed by atoms with Gasteiger partial charge in [0.1, 0.15) is 0 Å². The molecule has 37 heavy (non-hydrogen) atoms. The predicted molar refractivity (Wildman–Crippen MR) is 171 cm³/mol. The van der Waals surface area contributed by atoms with E-state index in [1.165, 1.54) is 22.7 Å². The second-order valence-electron chi connectivity index (χ2n) is 6.83. The first-order valence-corrected chi connectivity index (χ1v) is 19.4. The fourth-order valence-corrected chi connectivity index (χ4v) is 11.2. The average Bonchev–Trinajstić information content (AvgIpc) is 3.72. The number of hydrogen-bond acceptors (Lipinski definition) is 7. The molecule has 5 rings (SSSR count). The van der Waals surface area contributed by atoms with Crippen molar-refractivity contribution in [2.24, 2.45) is 0 Å². The molecule has 2 N–H and O–H groups in total. The summed E-state index contributed by atoms with van der Waals surface area (Å²) in [7, 11) is 1.62. The molecule has 13 heteroatoms. The van der Waals surface area contributed by atoms with Crippen LogP contribution in [0.4, 0.5) is 0 Å². The van der Waals surface area contributed by atoms with Gasteiger partial charge in [-0.1, -0.05) is 0 Å². The molecule has 196 valence electrons. The second kappa shape index (κ2) is 16.0. The van der Waals surface area contributed by atoms with Gasteiger partial charge in [0.25, 0.3) is 0 Å². The van der Waals surface area contributed by atoms with Crippen LogP contribution in [-0.2, 0) is 0 Å². The summed E-state index contributed by atoms with van der Waals surface area (Å²) >= 11 is 18.4. The van der Waals surface area contributed by atoms with Crippen molar-refractivity contribution in [1.82, 2.24) is 0 Å². The molecule has 4 nitrogen and oxygen atoms in total. The molecule has 0 saturated heterocycles. The number of halogens is 4. The van der Waals surface area contributed by atoms with Crippen LogP contribution in [0.5, 0.6) is 4.62 Å². The van der Waals surface area contributed by atoms with E-state index in [-0.39, 0.29) is 29.0 Å². The molecule has 0 aliphatic heterocycles. The third-order valence-electron chi connectivity index (χ3n) is 4.47. The molecular weight excluding hydrogens is 926 g/mol. The first-order chi connectivity index (χ1) is 17.7. The van der Waals surface area contributed by atoms with Gasteiger partial charge < -0.3 is 0 Å².